The Morgan fingerprint density at radius 1 is 1.32 bits per heavy atom. The van der Waals surface area contributed by atoms with Gasteiger partial charge in [-0.25, -0.2) is 4.39 Å². The normalized spacial score (nSPS) is 27.0. The van der Waals surface area contributed by atoms with Gasteiger partial charge in [0.1, 0.15) is 5.82 Å². The average molecular weight is 262 g/mol. The van der Waals surface area contributed by atoms with Gasteiger partial charge in [-0.1, -0.05) is 13.0 Å². The van der Waals surface area contributed by atoms with Crippen molar-refractivity contribution in [2.45, 2.75) is 51.7 Å². The third-order valence-electron chi connectivity index (χ3n) is 4.28. The van der Waals surface area contributed by atoms with Gasteiger partial charge in [0, 0.05) is 25.2 Å². The van der Waals surface area contributed by atoms with Crippen molar-refractivity contribution < 1.29 is 4.39 Å². The van der Waals surface area contributed by atoms with Crippen LogP contribution in [0.2, 0.25) is 0 Å². The van der Waals surface area contributed by atoms with Gasteiger partial charge in [0.05, 0.1) is 5.69 Å². The highest BCUT2D eigenvalue weighted by Crippen LogP contribution is 2.31. The maximum atomic E-state index is 14.3. The van der Waals surface area contributed by atoms with Gasteiger partial charge in [-0.3, -0.25) is 0 Å². The molecule has 2 unspecified atom stereocenters. The van der Waals surface area contributed by atoms with Crippen molar-refractivity contribution >= 4 is 5.69 Å². The second kappa shape index (κ2) is 5.12. The van der Waals surface area contributed by atoms with Crippen LogP contribution in [-0.4, -0.2) is 18.6 Å². The molecule has 0 amide bonds. The van der Waals surface area contributed by atoms with Crippen molar-refractivity contribution in [1.29, 1.82) is 0 Å². The Labute approximate surface area is 115 Å². The molecule has 0 bridgehead atoms. The van der Waals surface area contributed by atoms with Crippen LogP contribution < -0.4 is 10.2 Å². The van der Waals surface area contributed by atoms with Gasteiger partial charge in [0.25, 0.3) is 0 Å². The fourth-order valence-electron chi connectivity index (χ4n) is 3.08. The van der Waals surface area contributed by atoms with Crippen LogP contribution in [0.25, 0.3) is 0 Å². The number of hydrogen-bond acceptors (Lipinski definition) is 2. The number of nitrogens with one attached hydrogen (secondary N) is 1. The van der Waals surface area contributed by atoms with Gasteiger partial charge in [-0.2, -0.15) is 0 Å². The van der Waals surface area contributed by atoms with Crippen molar-refractivity contribution in [3.05, 3.63) is 29.6 Å². The summed E-state index contributed by atoms with van der Waals surface area (Å²) in [6.45, 7) is 6.18. The molecular weight excluding hydrogens is 239 g/mol. The lowest BCUT2D eigenvalue weighted by Crippen LogP contribution is -2.27. The first-order chi connectivity index (χ1) is 9.13. The van der Waals surface area contributed by atoms with E-state index in [1.54, 1.807) is 6.07 Å². The lowest BCUT2D eigenvalue weighted by Gasteiger charge is -2.24. The van der Waals surface area contributed by atoms with E-state index in [-0.39, 0.29) is 5.82 Å². The molecule has 104 valence electrons. The van der Waals surface area contributed by atoms with E-state index in [0.29, 0.717) is 18.0 Å². The molecule has 3 heteroatoms. The van der Waals surface area contributed by atoms with Crippen molar-refractivity contribution in [1.82, 2.24) is 5.32 Å². The number of halogens is 1. The van der Waals surface area contributed by atoms with Gasteiger partial charge in [0.15, 0.2) is 0 Å². The molecule has 2 aliphatic rings. The molecule has 2 fully saturated rings. The summed E-state index contributed by atoms with van der Waals surface area (Å²) >= 11 is 0. The lowest BCUT2D eigenvalue weighted by molar-refractivity contribution is 0.606. The van der Waals surface area contributed by atoms with E-state index in [9.17, 15) is 4.39 Å². The molecule has 1 heterocycles. The summed E-state index contributed by atoms with van der Waals surface area (Å²) in [5, 5.41) is 3.42. The molecule has 0 radical (unpaired) electrons. The minimum Gasteiger partial charge on any atom is -0.366 e. The van der Waals surface area contributed by atoms with Crippen LogP contribution in [0, 0.1) is 11.7 Å². The Balaban J connectivity index is 1.71. The molecule has 2 atom stereocenters. The van der Waals surface area contributed by atoms with Crippen LogP contribution in [0.3, 0.4) is 0 Å². The van der Waals surface area contributed by atoms with E-state index in [0.717, 1.165) is 30.8 Å². The molecule has 1 aromatic carbocycles. The summed E-state index contributed by atoms with van der Waals surface area (Å²) in [5.41, 5.74) is 1.82. The van der Waals surface area contributed by atoms with Crippen molar-refractivity contribution in [3.63, 3.8) is 0 Å². The summed E-state index contributed by atoms with van der Waals surface area (Å²) in [7, 11) is 0. The second-order valence-corrected chi connectivity index (χ2v) is 6.28. The summed E-state index contributed by atoms with van der Waals surface area (Å²) in [5.74, 6) is 0.585. The quantitative estimate of drug-likeness (QED) is 0.895. The molecule has 2 nitrogen and oxygen atoms in total. The van der Waals surface area contributed by atoms with Crippen LogP contribution in [0.1, 0.15) is 38.7 Å². The number of anilines is 1. The zero-order chi connectivity index (χ0) is 13.4. The van der Waals surface area contributed by atoms with Gasteiger partial charge in [0.2, 0.25) is 0 Å². The van der Waals surface area contributed by atoms with Gasteiger partial charge >= 0.3 is 0 Å². The predicted octanol–water partition coefficient (Wildman–Crippen LogP) is 3.31. The van der Waals surface area contributed by atoms with Crippen LogP contribution in [-0.2, 0) is 6.54 Å². The monoisotopic (exact) mass is 262 g/mol. The smallest absolute Gasteiger partial charge is 0.146 e. The summed E-state index contributed by atoms with van der Waals surface area (Å²) in [4.78, 5) is 2.21. The zero-order valence-corrected chi connectivity index (χ0v) is 11.8. The van der Waals surface area contributed by atoms with E-state index in [1.807, 2.05) is 6.07 Å². The Morgan fingerprint density at radius 3 is 2.68 bits per heavy atom. The molecule has 0 aromatic heterocycles. The molecule has 1 saturated carbocycles. The van der Waals surface area contributed by atoms with Gasteiger partial charge in [-0.15, -0.1) is 0 Å². The maximum Gasteiger partial charge on any atom is 0.146 e. The minimum absolute atomic E-state index is 0.0731. The predicted molar refractivity (Wildman–Crippen MR) is 76.9 cm³/mol. The summed E-state index contributed by atoms with van der Waals surface area (Å²) in [6.07, 6.45) is 3.69. The van der Waals surface area contributed by atoms with Crippen molar-refractivity contribution in [2.75, 3.05) is 11.4 Å². The number of rotatable bonds is 4. The van der Waals surface area contributed by atoms with Crippen LogP contribution in [0.4, 0.5) is 10.1 Å². The molecule has 1 saturated heterocycles. The fourth-order valence-corrected chi connectivity index (χ4v) is 3.08. The average Bonchev–Trinajstić information content (AvgIpc) is 3.12. The van der Waals surface area contributed by atoms with E-state index >= 15 is 0 Å². The third-order valence-corrected chi connectivity index (χ3v) is 4.28. The molecule has 1 N–H and O–H groups in total. The number of nitrogens with zero attached hydrogens (tertiary/aromatic N) is 1. The molecular formula is C16H23FN2. The fraction of sp³-hybridized carbons (Fsp3) is 0.625. The topological polar surface area (TPSA) is 15.3 Å². The first-order valence-corrected chi connectivity index (χ1v) is 7.42. The van der Waals surface area contributed by atoms with Crippen LogP contribution >= 0.6 is 0 Å². The van der Waals surface area contributed by atoms with E-state index in [4.69, 9.17) is 0 Å². The number of hydrogen-bond donors (Lipinski definition) is 1. The van der Waals surface area contributed by atoms with Gasteiger partial charge in [-0.05, 0) is 49.8 Å². The lowest BCUT2D eigenvalue weighted by atomic mass is 10.1. The van der Waals surface area contributed by atoms with Crippen LogP contribution in [0.15, 0.2) is 18.2 Å². The Hall–Kier alpha value is -1.09. The Morgan fingerprint density at radius 2 is 2.11 bits per heavy atom. The number of benzene rings is 1. The first-order valence-electron chi connectivity index (χ1n) is 7.42. The van der Waals surface area contributed by atoms with Crippen molar-refractivity contribution in [3.8, 4) is 0 Å². The summed E-state index contributed by atoms with van der Waals surface area (Å²) < 4.78 is 14.3. The SMILES string of the molecule is CC1CC(C)N(c2ccc(CNC3CC3)cc2F)C1. The highest BCUT2D eigenvalue weighted by molar-refractivity contribution is 5.51. The second-order valence-electron chi connectivity index (χ2n) is 6.28. The first kappa shape index (κ1) is 12.9. The minimum atomic E-state index is -0.0731. The highest BCUT2D eigenvalue weighted by Gasteiger charge is 2.28. The molecule has 19 heavy (non-hydrogen) atoms. The molecule has 1 aliphatic carbocycles. The standard InChI is InChI=1S/C16H23FN2/c1-11-7-12(2)19(10-11)16-6-3-13(8-15(16)17)9-18-14-4-5-14/h3,6,8,11-12,14,18H,4-5,7,9-10H2,1-2H3. The van der Waals surface area contributed by atoms with Gasteiger partial charge < -0.3 is 10.2 Å². The largest absolute Gasteiger partial charge is 0.366 e. The molecule has 1 aliphatic heterocycles. The van der Waals surface area contributed by atoms with Crippen LogP contribution in [0.5, 0.6) is 0 Å². The Bertz CT molecular complexity index is 456. The van der Waals surface area contributed by atoms with E-state index < -0.39 is 0 Å². The van der Waals surface area contributed by atoms with E-state index in [1.165, 1.54) is 12.8 Å². The highest BCUT2D eigenvalue weighted by atomic mass is 19.1. The maximum absolute atomic E-state index is 14.3. The summed E-state index contributed by atoms with van der Waals surface area (Å²) in [6, 6.07) is 6.82. The molecule has 1 aromatic rings. The zero-order valence-electron chi connectivity index (χ0n) is 11.8. The van der Waals surface area contributed by atoms with E-state index in [2.05, 4.69) is 30.1 Å². The van der Waals surface area contributed by atoms with Crippen molar-refractivity contribution in [2.24, 2.45) is 5.92 Å². The molecule has 0 spiro atoms. The third kappa shape index (κ3) is 2.92. The molecule has 3 rings (SSSR count). The Kier molecular flexibility index (Phi) is 3.48.